The molecule has 1 heterocycles. The second-order valence-corrected chi connectivity index (χ2v) is 4.34. The standard InChI is InChI=1S/C13H15N3O3/c1-15-7-11(14)12(18)16(13(15)19)6-9-2-4-10(8-17)5-3-9/h2-5,7,17H,6,8,14H2,1H3. The fourth-order valence-electron chi connectivity index (χ4n) is 1.82. The van der Waals surface area contributed by atoms with Crippen LogP contribution in [0.15, 0.2) is 40.1 Å². The molecule has 3 N–H and O–H groups in total. The number of aryl methyl sites for hydroxylation is 1. The van der Waals surface area contributed by atoms with Crippen LogP contribution >= 0.6 is 0 Å². The number of nitrogens with two attached hydrogens (primary N) is 1. The summed E-state index contributed by atoms with van der Waals surface area (Å²) in [4.78, 5) is 23.8. The summed E-state index contributed by atoms with van der Waals surface area (Å²) in [7, 11) is 1.55. The average molecular weight is 261 g/mol. The molecule has 0 aliphatic carbocycles. The molecular weight excluding hydrogens is 246 g/mol. The van der Waals surface area contributed by atoms with E-state index in [1.807, 2.05) is 0 Å². The number of nitrogens with zero attached hydrogens (tertiary/aromatic N) is 2. The van der Waals surface area contributed by atoms with E-state index in [9.17, 15) is 9.59 Å². The van der Waals surface area contributed by atoms with Crippen LogP contribution in [0, 0.1) is 0 Å². The summed E-state index contributed by atoms with van der Waals surface area (Å²) in [5.74, 6) is 0. The van der Waals surface area contributed by atoms with Gasteiger partial charge in [0, 0.05) is 13.2 Å². The first kappa shape index (κ1) is 13.1. The molecule has 0 aliphatic rings. The molecule has 1 aromatic carbocycles. The van der Waals surface area contributed by atoms with Crippen molar-refractivity contribution in [1.82, 2.24) is 9.13 Å². The van der Waals surface area contributed by atoms with E-state index < -0.39 is 11.2 Å². The van der Waals surface area contributed by atoms with Crippen LogP contribution in [-0.4, -0.2) is 14.2 Å². The summed E-state index contributed by atoms with van der Waals surface area (Å²) < 4.78 is 2.36. The Hall–Kier alpha value is -2.34. The van der Waals surface area contributed by atoms with Crippen molar-refractivity contribution in [3.8, 4) is 0 Å². The molecule has 0 radical (unpaired) electrons. The molecule has 19 heavy (non-hydrogen) atoms. The Kier molecular flexibility index (Phi) is 3.52. The Labute approximate surface area is 109 Å². The van der Waals surface area contributed by atoms with Crippen LogP contribution in [-0.2, 0) is 20.2 Å². The van der Waals surface area contributed by atoms with Gasteiger partial charge in [0.25, 0.3) is 5.56 Å². The molecule has 0 atom stereocenters. The summed E-state index contributed by atoms with van der Waals surface area (Å²) in [6.07, 6.45) is 1.32. The lowest BCUT2D eigenvalue weighted by Crippen LogP contribution is -2.39. The monoisotopic (exact) mass is 261 g/mol. The zero-order valence-electron chi connectivity index (χ0n) is 10.5. The van der Waals surface area contributed by atoms with E-state index >= 15 is 0 Å². The fourth-order valence-corrected chi connectivity index (χ4v) is 1.82. The van der Waals surface area contributed by atoms with Gasteiger partial charge in [0.1, 0.15) is 5.69 Å². The molecule has 0 fully saturated rings. The summed E-state index contributed by atoms with van der Waals surface area (Å²) in [6, 6.07) is 7.02. The van der Waals surface area contributed by atoms with Crippen molar-refractivity contribution in [3.63, 3.8) is 0 Å². The lowest BCUT2D eigenvalue weighted by atomic mass is 10.1. The third-order valence-corrected chi connectivity index (χ3v) is 2.90. The molecule has 6 heteroatoms. The minimum absolute atomic E-state index is 0.0362. The van der Waals surface area contributed by atoms with Crippen LogP contribution in [0.5, 0.6) is 0 Å². The number of aliphatic hydroxyl groups excluding tert-OH is 1. The maximum atomic E-state index is 11.9. The second-order valence-electron chi connectivity index (χ2n) is 4.34. The molecule has 2 rings (SSSR count). The molecule has 0 saturated carbocycles. The number of hydrogen-bond acceptors (Lipinski definition) is 4. The Morgan fingerprint density at radius 3 is 2.32 bits per heavy atom. The maximum Gasteiger partial charge on any atom is 0.331 e. The molecule has 0 amide bonds. The molecule has 0 saturated heterocycles. The van der Waals surface area contributed by atoms with Gasteiger partial charge in [-0.2, -0.15) is 0 Å². The van der Waals surface area contributed by atoms with E-state index in [-0.39, 0.29) is 18.8 Å². The predicted octanol–water partition coefficient (Wildman–Crippen LogP) is -0.330. The van der Waals surface area contributed by atoms with Crippen LogP contribution < -0.4 is 17.0 Å². The fraction of sp³-hybridized carbons (Fsp3) is 0.231. The van der Waals surface area contributed by atoms with Gasteiger partial charge in [0.15, 0.2) is 0 Å². The van der Waals surface area contributed by atoms with Crippen LogP contribution in [0.3, 0.4) is 0 Å². The van der Waals surface area contributed by atoms with Gasteiger partial charge in [-0.05, 0) is 11.1 Å². The Morgan fingerprint density at radius 1 is 1.16 bits per heavy atom. The van der Waals surface area contributed by atoms with Crippen molar-refractivity contribution in [2.24, 2.45) is 7.05 Å². The third kappa shape index (κ3) is 2.58. The predicted molar refractivity (Wildman–Crippen MR) is 71.8 cm³/mol. The molecule has 100 valence electrons. The summed E-state index contributed by atoms with van der Waals surface area (Å²) in [5.41, 5.74) is 6.26. The van der Waals surface area contributed by atoms with Gasteiger partial charge < -0.3 is 15.4 Å². The zero-order valence-corrected chi connectivity index (χ0v) is 10.5. The lowest BCUT2D eigenvalue weighted by molar-refractivity contribution is 0.282. The zero-order chi connectivity index (χ0) is 14.0. The van der Waals surface area contributed by atoms with Gasteiger partial charge in [0.2, 0.25) is 0 Å². The third-order valence-electron chi connectivity index (χ3n) is 2.90. The molecule has 6 nitrogen and oxygen atoms in total. The van der Waals surface area contributed by atoms with Crippen LogP contribution in [0.25, 0.3) is 0 Å². The van der Waals surface area contributed by atoms with Crippen molar-refractivity contribution >= 4 is 5.69 Å². The maximum absolute atomic E-state index is 11.9. The van der Waals surface area contributed by atoms with Crippen molar-refractivity contribution in [3.05, 3.63) is 62.4 Å². The summed E-state index contributed by atoms with van der Waals surface area (Å²) >= 11 is 0. The van der Waals surface area contributed by atoms with E-state index in [2.05, 4.69) is 0 Å². The van der Waals surface area contributed by atoms with E-state index in [1.54, 1.807) is 31.3 Å². The molecule has 0 spiro atoms. The van der Waals surface area contributed by atoms with Gasteiger partial charge in [-0.25, -0.2) is 4.79 Å². The largest absolute Gasteiger partial charge is 0.393 e. The van der Waals surface area contributed by atoms with Gasteiger partial charge >= 0.3 is 5.69 Å². The highest BCUT2D eigenvalue weighted by Gasteiger charge is 2.07. The molecule has 0 aliphatic heterocycles. The van der Waals surface area contributed by atoms with Gasteiger partial charge in [-0.1, -0.05) is 24.3 Å². The van der Waals surface area contributed by atoms with Crippen molar-refractivity contribution in [2.75, 3.05) is 5.73 Å². The highest BCUT2D eigenvalue weighted by molar-refractivity contribution is 5.31. The van der Waals surface area contributed by atoms with Crippen LogP contribution in [0.1, 0.15) is 11.1 Å². The van der Waals surface area contributed by atoms with Crippen molar-refractivity contribution in [1.29, 1.82) is 0 Å². The number of aromatic nitrogens is 2. The van der Waals surface area contributed by atoms with Gasteiger partial charge in [-0.3, -0.25) is 9.36 Å². The van der Waals surface area contributed by atoms with Gasteiger partial charge in [0.05, 0.1) is 13.2 Å². The highest BCUT2D eigenvalue weighted by Crippen LogP contribution is 2.05. The lowest BCUT2D eigenvalue weighted by Gasteiger charge is -2.08. The molecule has 0 unspecified atom stereocenters. The molecule has 0 bridgehead atoms. The first-order chi connectivity index (χ1) is 9.02. The molecule has 1 aromatic heterocycles. The van der Waals surface area contributed by atoms with Crippen molar-refractivity contribution in [2.45, 2.75) is 13.2 Å². The second kappa shape index (κ2) is 5.11. The smallest absolute Gasteiger partial charge is 0.331 e. The highest BCUT2D eigenvalue weighted by atomic mass is 16.3. The first-order valence-corrected chi connectivity index (χ1v) is 5.77. The topological polar surface area (TPSA) is 90.2 Å². The average Bonchev–Trinajstić information content (AvgIpc) is 2.42. The Morgan fingerprint density at radius 2 is 1.74 bits per heavy atom. The SMILES string of the molecule is Cn1cc(N)c(=O)n(Cc2ccc(CO)cc2)c1=O. The van der Waals surface area contributed by atoms with Gasteiger partial charge in [-0.15, -0.1) is 0 Å². The van der Waals surface area contributed by atoms with E-state index in [1.165, 1.54) is 10.8 Å². The minimum Gasteiger partial charge on any atom is -0.393 e. The molecule has 2 aromatic rings. The van der Waals surface area contributed by atoms with E-state index in [0.29, 0.717) is 0 Å². The summed E-state index contributed by atoms with van der Waals surface area (Å²) in [5, 5.41) is 8.95. The minimum atomic E-state index is -0.491. The quantitative estimate of drug-likeness (QED) is 0.791. The van der Waals surface area contributed by atoms with Crippen LogP contribution in [0.2, 0.25) is 0 Å². The van der Waals surface area contributed by atoms with Crippen LogP contribution in [0.4, 0.5) is 5.69 Å². The van der Waals surface area contributed by atoms with E-state index in [4.69, 9.17) is 10.8 Å². The first-order valence-electron chi connectivity index (χ1n) is 5.77. The summed E-state index contributed by atoms with van der Waals surface area (Å²) in [6.45, 7) is 0.114. The Bertz CT molecular complexity index is 664. The number of hydrogen-bond donors (Lipinski definition) is 2. The normalized spacial score (nSPS) is 10.6. The van der Waals surface area contributed by atoms with Crippen molar-refractivity contribution < 1.29 is 5.11 Å². The van der Waals surface area contributed by atoms with E-state index in [0.717, 1.165) is 15.7 Å². The number of rotatable bonds is 3. The Balaban J connectivity index is 2.43. The number of nitrogen functional groups attached to an aromatic ring is 1. The number of benzene rings is 1. The number of anilines is 1. The molecular formula is C13H15N3O3. The number of aliphatic hydroxyl groups is 1.